The Bertz CT molecular complexity index is 530. The Hall–Kier alpha value is -1.53. The normalized spacial score (nSPS) is 10.6. The lowest BCUT2D eigenvalue weighted by Gasteiger charge is -2.05. The molecule has 1 aromatic carbocycles. The van der Waals surface area contributed by atoms with Crippen molar-refractivity contribution in [1.82, 2.24) is 15.5 Å². The van der Waals surface area contributed by atoms with Gasteiger partial charge < -0.3 is 10.1 Å². The van der Waals surface area contributed by atoms with Gasteiger partial charge in [0.1, 0.15) is 16.6 Å². The summed E-state index contributed by atoms with van der Waals surface area (Å²) in [5, 5.41) is 12.6. The van der Waals surface area contributed by atoms with Gasteiger partial charge in [0.25, 0.3) is 0 Å². The molecule has 0 unspecified atom stereocenters. The quantitative estimate of drug-likeness (QED) is 0.904. The fraction of sp³-hybridized carbons (Fsp3) is 0.333. The summed E-state index contributed by atoms with van der Waals surface area (Å²) in [6.07, 6.45) is 0. The van der Waals surface area contributed by atoms with Crippen LogP contribution >= 0.6 is 11.3 Å². The highest BCUT2D eigenvalue weighted by Crippen LogP contribution is 2.34. The van der Waals surface area contributed by atoms with Crippen LogP contribution in [0, 0.1) is 5.82 Å². The van der Waals surface area contributed by atoms with Crippen molar-refractivity contribution < 1.29 is 9.13 Å². The molecule has 0 radical (unpaired) electrons. The highest BCUT2D eigenvalue weighted by molar-refractivity contribution is 7.14. The summed E-state index contributed by atoms with van der Waals surface area (Å²) in [5.74, 6) is 0.127. The molecular weight excluding hydrogens is 253 g/mol. The van der Waals surface area contributed by atoms with Crippen LogP contribution in [0.15, 0.2) is 18.2 Å². The van der Waals surface area contributed by atoms with Crippen LogP contribution in [-0.2, 0) is 6.54 Å². The minimum absolute atomic E-state index is 0.347. The Labute approximate surface area is 109 Å². The van der Waals surface area contributed by atoms with Crippen molar-refractivity contribution >= 4 is 11.3 Å². The van der Waals surface area contributed by atoms with E-state index >= 15 is 0 Å². The first-order valence-electron chi connectivity index (χ1n) is 5.62. The van der Waals surface area contributed by atoms with Gasteiger partial charge >= 0.3 is 0 Å². The van der Waals surface area contributed by atoms with Crippen molar-refractivity contribution in [2.45, 2.75) is 13.5 Å². The van der Waals surface area contributed by atoms with Gasteiger partial charge in [-0.1, -0.05) is 24.3 Å². The molecule has 1 N–H and O–H groups in total. The first kappa shape index (κ1) is 12.9. The van der Waals surface area contributed by atoms with Crippen LogP contribution in [-0.4, -0.2) is 23.9 Å². The number of hydrogen-bond donors (Lipinski definition) is 1. The van der Waals surface area contributed by atoms with E-state index in [1.165, 1.54) is 24.5 Å². The molecule has 0 amide bonds. The number of aromatic nitrogens is 2. The molecule has 0 aliphatic carbocycles. The number of methoxy groups -OCH3 is 1. The maximum Gasteiger partial charge on any atom is 0.154 e. The zero-order valence-corrected chi connectivity index (χ0v) is 11.1. The van der Waals surface area contributed by atoms with E-state index in [4.69, 9.17) is 4.74 Å². The van der Waals surface area contributed by atoms with Crippen LogP contribution in [0.1, 0.15) is 11.9 Å². The monoisotopic (exact) mass is 267 g/mol. The Morgan fingerprint density at radius 3 is 2.94 bits per heavy atom. The van der Waals surface area contributed by atoms with Crippen LogP contribution in [0.5, 0.6) is 5.75 Å². The number of hydrogen-bond acceptors (Lipinski definition) is 5. The summed E-state index contributed by atoms with van der Waals surface area (Å²) in [5.41, 5.74) is 0.375. The van der Waals surface area contributed by atoms with Gasteiger partial charge in [-0.25, -0.2) is 4.39 Å². The van der Waals surface area contributed by atoms with Gasteiger partial charge in [0.05, 0.1) is 12.7 Å². The molecule has 0 atom stereocenters. The summed E-state index contributed by atoms with van der Waals surface area (Å²) >= 11 is 1.36. The SMILES string of the molecule is CCNCc1nnc(-c2c(F)cccc2OC)s1. The zero-order valence-electron chi connectivity index (χ0n) is 10.2. The number of nitrogens with one attached hydrogen (secondary N) is 1. The lowest BCUT2D eigenvalue weighted by Crippen LogP contribution is -2.11. The molecule has 0 saturated heterocycles. The molecule has 96 valence electrons. The second-order valence-electron chi connectivity index (χ2n) is 3.60. The van der Waals surface area contributed by atoms with Crippen LogP contribution in [0.3, 0.4) is 0 Å². The van der Waals surface area contributed by atoms with Gasteiger partial charge in [0.2, 0.25) is 0 Å². The molecule has 2 rings (SSSR count). The number of ether oxygens (including phenoxy) is 1. The van der Waals surface area contributed by atoms with E-state index in [-0.39, 0.29) is 5.82 Å². The van der Waals surface area contributed by atoms with Crippen molar-refractivity contribution in [3.05, 3.63) is 29.0 Å². The first-order valence-corrected chi connectivity index (χ1v) is 6.44. The molecule has 1 heterocycles. The third-order valence-electron chi connectivity index (χ3n) is 2.40. The maximum absolute atomic E-state index is 13.8. The van der Waals surface area contributed by atoms with Crippen molar-refractivity contribution in [3.63, 3.8) is 0 Å². The Balaban J connectivity index is 2.33. The molecule has 4 nitrogen and oxygen atoms in total. The largest absolute Gasteiger partial charge is 0.496 e. The fourth-order valence-corrected chi connectivity index (χ4v) is 2.40. The van der Waals surface area contributed by atoms with Crippen molar-refractivity contribution in [1.29, 1.82) is 0 Å². The Morgan fingerprint density at radius 1 is 1.39 bits per heavy atom. The third kappa shape index (κ3) is 2.65. The number of rotatable bonds is 5. The molecular formula is C12H14FN3OS. The standard InChI is InChI=1S/C12H14FN3OS/c1-3-14-7-10-15-16-12(18-10)11-8(13)5-4-6-9(11)17-2/h4-6,14H,3,7H2,1-2H3. The van der Waals surface area contributed by atoms with Crippen molar-refractivity contribution in [2.24, 2.45) is 0 Å². The predicted molar refractivity (Wildman–Crippen MR) is 69.2 cm³/mol. The topological polar surface area (TPSA) is 47.0 Å². The lowest BCUT2D eigenvalue weighted by molar-refractivity contribution is 0.413. The van der Waals surface area contributed by atoms with E-state index in [1.54, 1.807) is 12.1 Å². The van der Waals surface area contributed by atoms with Gasteiger partial charge in [-0.3, -0.25) is 0 Å². The zero-order chi connectivity index (χ0) is 13.0. The third-order valence-corrected chi connectivity index (χ3v) is 3.34. The van der Waals surface area contributed by atoms with Gasteiger partial charge in [0, 0.05) is 6.54 Å². The van der Waals surface area contributed by atoms with E-state index in [2.05, 4.69) is 15.5 Å². The molecule has 0 bridgehead atoms. The molecule has 0 saturated carbocycles. The van der Waals surface area contributed by atoms with Gasteiger partial charge in [-0.15, -0.1) is 10.2 Å². The van der Waals surface area contributed by atoms with Gasteiger partial charge in [0.15, 0.2) is 5.01 Å². The molecule has 0 aliphatic rings. The predicted octanol–water partition coefficient (Wildman–Crippen LogP) is 2.46. The molecule has 0 spiro atoms. The minimum Gasteiger partial charge on any atom is -0.496 e. The average molecular weight is 267 g/mol. The molecule has 0 fully saturated rings. The second kappa shape index (κ2) is 5.88. The van der Waals surface area contributed by atoms with E-state index in [1.807, 2.05) is 6.92 Å². The lowest BCUT2D eigenvalue weighted by atomic mass is 10.2. The minimum atomic E-state index is -0.347. The summed E-state index contributed by atoms with van der Waals surface area (Å²) in [4.78, 5) is 0. The van der Waals surface area contributed by atoms with Crippen LogP contribution in [0.25, 0.3) is 10.6 Å². The maximum atomic E-state index is 13.8. The van der Waals surface area contributed by atoms with Crippen molar-refractivity contribution in [3.8, 4) is 16.3 Å². The number of nitrogens with zero attached hydrogens (tertiary/aromatic N) is 2. The fourth-order valence-electron chi connectivity index (χ4n) is 1.54. The molecule has 2 aromatic rings. The summed E-state index contributed by atoms with van der Waals surface area (Å²) < 4.78 is 19.0. The molecule has 6 heteroatoms. The van der Waals surface area contributed by atoms with Crippen LogP contribution < -0.4 is 10.1 Å². The smallest absolute Gasteiger partial charge is 0.154 e. The van der Waals surface area contributed by atoms with E-state index in [0.717, 1.165) is 11.6 Å². The number of halogens is 1. The molecule has 1 aromatic heterocycles. The summed E-state index contributed by atoms with van der Waals surface area (Å²) in [7, 11) is 1.51. The van der Waals surface area contributed by atoms with Crippen molar-refractivity contribution in [2.75, 3.05) is 13.7 Å². The summed E-state index contributed by atoms with van der Waals surface area (Å²) in [6.45, 7) is 3.52. The van der Waals surface area contributed by atoms with E-state index in [9.17, 15) is 4.39 Å². The highest BCUT2D eigenvalue weighted by atomic mass is 32.1. The van der Waals surface area contributed by atoms with Crippen LogP contribution in [0.2, 0.25) is 0 Å². The van der Waals surface area contributed by atoms with Gasteiger partial charge in [-0.2, -0.15) is 0 Å². The molecule has 18 heavy (non-hydrogen) atoms. The van der Waals surface area contributed by atoms with Gasteiger partial charge in [-0.05, 0) is 18.7 Å². The second-order valence-corrected chi connectivity index (χ2v) is 4.66. The summed E-state index contributed by atoms with van der Waals surface area (Å²) in [6, 6.07) is 4.71. The van der Waals surface area contributed by atoms with E-state index < -0.39 is 0 Å². The van der Waals surface area contributed by atoms with E-state index in [0.29, 0.717) is 22.9 Å². The average Bonchev–Trinajstić information content (AvgIpc) is 2.84. The molecule has 0 aliphatic heterocycles. The Kier molecular flexibility index (Phi) is 4.22. The Morgan fingerprint density at radius 2 is 2.22 bits per heavy atom. The highest BCUT2D eigenvalue weighted by Gasteiger charge is 2.16. The first-order chi connectivity index (χ1) is 8.76. The van der Waals surface area contributed by atoms with Crippen LogP contribution in [0.4, 0.5) is 4.39 Å². The number of benzene rings is 1.